The second-order valence-electron chi connectivity index (χ2n) is 6.01. The summed E-state index contributed by atoms with van der Waals surface area (Å²) in [5.74, 6) is 0. The van der Waals surface area contributed by atoms with E-state index >= 15 is 0 Å². The normalized spacial score (nSPS) is 24.6. The molecule has 1 unspecified atom stereocenters. The standard InChI is InChI=1S/C16H22Cl2N2/c17-14-6-5-13(16(18)10-14)11-20-9-3-4-15(20)12-19-7-1-2-8-19/h5-6,10,15H,1-4,7-9,11-12H2. The van der Waals surface area contributed by atoms with Crippen LogP contribution in [0.15, 0.2) is 18.2 Å². The van der Waals surface area contributed by atoms with Crippen molar-refractivity contribution in [3.05, 3.63) is 33.8 Å². The summed E-state index contributed by atoms with van der Waals surface area (Å²) < 4.78 is 0. The number of benzene rings is 1. The van der Waals surface area contributed by atoms with Crippen LogP contribution in [0, 0.1) is 0 Å². The minimum atomic E-state index is 0.694. The van der Waals surface area contributed by atoms with E-state index in [4.69, 9.17) is 23.2 Å². The van der Waals surface area contributed by atoms with Gasteiger partial charge >= 0.3 is 0 Å². The maximum absolute atomic E-state index is 6.30. The molecule has 1 aromatic carbocycles. The Kier molecular flexibility index (Phi) is 4.87. The SMILES string of the molecule is Clc1ccc(CN2CCCC2CN2CCCC2)c(Cl)c1. The zero-order chi connectivity index (χ0) is 13.9. The molecule has 2 aliphatic heterocycles. The Hall–Kier alpha value is -0.280. The predicted molar refractivity (Wildman–Crippen MR) is 85.6 cm³/mol. The number of hydrogen-bond donors (Lipinski definition) is 0. The van der Waals surface area contributed by atoms with Gasteiger partial charge in [-0.1, -0.05) is 29.3 Å². The summed E-state index contributed by atoms with van der Waals surface area (Å²) >= 11 is 12.3. The summed E-state index contributed by atoms with van der Waals surface area (Å²) in [6.07, 6.45) is 5.37. The lowest BCUT2D eigenvalue weighted by molar-refractivity contribution is 0.185. The van der Waals surface area contributed by atoms with E-state index in [-0.39, 0.29) is 0 Å². The Bertz CT molecular complexity index is 458. The molecule has 1 aromatic rings. The zero-order valence-electron chi connectivity index (χ0n) is 11.8. The highest BCUT2D eigenvalue weighted by Crippen LogP contribution is 2.27. The fourth-order valence-corrected chi connectivity index (χ4v) is 3.91. The van der Waals surface area contributed by atoms with Crippen molar-refractivity contribution >= 4 is 23.2 Å². The average Bonchev–Trinajstić information content (AvgIpc) is 3.06. The van der Waals surface area contributed by atoms with Crippen molar-refractivity contribution < 1.29 is 0 Å². The quantitative estimate of drug-likeness (QED) is 0.827. The van der Waals surface area contributed by atoms with Gasteiger partial charge in [-0.15, -0.1) is 0 Å². The van der Waals surface area contributed by atoms with E-state index in [1.54, 1.807) is 0 Å². The van der Waals surface area contributed by atoms with E-state index in [1.165, 1.54) is 57.4 Å². The molecule has 0 N–H and O–H groups in total. The zero-order valence-corrected chi connectivity index (χ0v) is 13.3. The van der Waals surface area contributed by atoms with E-state index in [0.717, 1.165) is 11.6 Å². The number of nitrogens with zero attached hydrogens (tertiary/aromatic N) is 2. The van der Waals surface area contributed by atoms with Gasteiger partial charge in [0.25, 0.3) is 0 Å². The monoisotopic (exact) mass is 312 g/mol. The summed E-state index contributed by atoms with van der Waals surface area (Å²) in [4.78, 5) is 5.21. The predicted octanol–water partition coefficient (Wildman–Crippen LogP) is 4.05. The highest BCUT2D eigenvalue weighted by Gasteiger charge is 2.27. The highest BCUT2D eigenvalue weighted by molar-refractivity contribution is 6.35. The lowest BCUT2D eigenvalue weighted by Crippen LogP contribution is -2.38. The van der Waals surface area contributed by atoms with Crippen molar-refractivity contribution in [1.82, 2.24) is 9.80 Å². The van der Waals surface area contributed by atoms with Gasteiger partial charge in [-0.05, 0) is 63.0 Å². The second kappa shape index (κ2) is 6.65. The molecule has 0 spiro atoms. The van der Waals surface area contributed by atoms with Crippen LogP contribution in [-0.2, 0) is 6.54 Å². The molecule has 0 saturated carbocycles. The van der Waals surface area contributed by atoms with Gasteiger partial charge in [0, 0.05) is 29.2 Å². The molecule has 1 atom stereocenters. The minimum Gasteiger partial charge on any atom is -0.302 e. The van der Waals surface area contributed by atoms with Crippen LogP contribution in [0.1, 0.15) is 31.2 Å². The first-order valence-corrected chi connectivity index (χ1v) is 8.38. The average molecular weight is 313 g/mol. The van der Waals surface area contributed by atoms with Crippen LogP contribution in [0.4, 0.5) is 0 Å². The summed E-state index contributed by atoms with van der Waals surface area (Å²) in [5, 5.41) is 1.51. The van der Waals surface area contributed by atoms with E-state index in [0.29, 0.717) is 11.1 Å². The molecule has 2 nitrogen and oxygen atoms in total. The fraction of sp³-hybridized carbons (Fsp3) is 0.625. The molecule has 2 fully saturated rings. The van der Waals surface area contributed by atoms with Gasteiger partial charge in [-0.25, -0.2) is 0 Å². The maximum atomic E-state index is 6.30. The van der Waals surface area contributed by atoms with Gasteiger partial charge in [-0.3, -0.25) is 4.90 Å². The summed E-state index contributed by atoms with van der Waals surface area (Å²) in [6, 6.07) is 6.55. The number of halogens is 2. The van der Waals surface area contributed by atoms with Gasteiger partial charge in [0.2, 0.25) is 0 Å². The maximum Gasteiger partial charge on any atom is 0.0465 e. The van der Waals surface area contributed by atoms with Crippen molar-refractivity contribution in [2.24, 2.45) is 0 Å². The first-order chi connectivity index (χ1) is 9.72. The molecule has 3 rings (SSSR count). The van der Waals surface area contributed by atoms with Crippen LogP contribution in [0.2, 0.25) is 10.0 Å². The highest BCUT2D eigenvalue weighted by atomic mass is 35.5. The second-order valence-corrected chi connectivity index (χ2v) is 6.85. The van der Waals surface area contributed by atoms with E-state index in [9.17, 15) is 0 Å². The molecule has 0 amide bonds. The molecule has 20 heavy (non-hydrogen) atoms. The third kappa shape index (κ3) is 3.48. The Morgan fingerprint density at radius 2 is 1.85 bits per heavy atom. The van der Waals surface area contributed by atoms with E-state index in [2.05, 4.69) is 15.9 Å². The minimum absolute atomic E-state index is 0.694. The van der Waals surface area contributed by atoms with Gasteiger partial charge in [0.15, 0.2) is 0 Å². The first-order valence-electron chi connectivity index (χ1n) is 7.63. The Balaban J connectivity index is 1.62. The molecular formula is C16H22Cl2N2. The Morgan fingerprint density at radius 1 is 1.05 bits per heavy atom. The molecule has 2 aliphatic rings. The van der Waals surface area contributed by atoms with Gasteiger partial charge in [0.1, 0.15) is 0 Å². The molecule has 0 aromatic heterocycles. The number of hydrogen-bond acceptors (Lipinski definition) is 2. The van der Waals surface area contributed by atoms with Gasteiger partial charge in [-0.2, -0.15) is 0 Å². The topological polar surface area (TPSA) is 6.48 Å². The molecule has 2 saturated heterocycles. The molecule has 0 radical (unpaired) electrons. The molecule has 110 valence electrons. The van der Waals surface area contributed by atoms with Crippen LogP contribution in [-0.4, -0.2) is 42.0 Å². The van der Waals surface area contributed by atoms with Crippen LogP contribution >= 0.6 is 23.2 Å². The van der Waals surface area contributed by atoms with Crippen molar-refractivity contribution in [3.63, 3.8) is 0 Å². The molecule has 0 aliphatic carbocycles. The van der Waals surface area contributed by atoms with Gasteiger partial charge < -0.3 is 4.90 Å². The van der Waals surface area contributed by atoms with Crippen LogP contribution < -0.4 is 0 Å². The van der Waals surface area contributed by atoms with Crippen molar-refractivity contribution in [2.75, 3.05) is 26.2 Å². The van der Waals surface area contributed by atoms with Crippen molar-refractivity contribution in [1.29, 1.82) is 0 Å². The van der Waals surface area contributed by atoms with Crippen molar-refractivity contribution in [3.8, 4) is 0 Å². The Labute approximate surface area is 131 Å². The first kappa shape index (κ1) is 14.6. The number of rotatable bonds is 4. The van der Waals surface area contributed by atoms with Crippen LogP contribution in [0.5, 0.6) is 0 Å². The third-order valence-corrected chi connectivity index (χ3v) is 5.14. The van der Waals surface area contributed by atoms with E-state index in [1.807, 2.05) is 12.1 Å². The van der Waals surface area contributed by atoms with Gasteiger partial charge in [0.05, 0.1) is 0 Å². The number of likely N-dealkylation sites (tertiary alicyclic amines) is 2. The molecular weight excluding hydrogens is 291 g/mol. The lowest BCUT2D eigenvalue weighted by atomic mass is 10.1. The van der Waals surface area contributed by atoms with Crippen LogP contribution in [0.25, 0.3) is 0 Å². The van der Waals surface area contributed by atoms with Crippen LogP contribution in [0.3, 0.4) is 0 Å². The molecule has 4 heteroatoms. The summed E-state index contributed by atoms with van der Waals surface area (Å²) in [5.41, 5.74) is 1.20. The third-order valence-electron chi connectivity index (χ3n) is 4.56. The van der Waals surface area contributed by atoms with Crippen molar-refractivity contribution in [2.45, 2.75) is 38.3 Å². The fourth-order valence-electron chi connectivity index (χ4n) is 3.44. The molecule has 0 bridgehead atoms. The van der Waals surface area contributed by atoms with E-state index < -0.39 is 0 Å². The smallest absolute Gasteiger partial charge is 0.0465 e. The lowest BCUT2D eigenvalue weighted by Gasteiger charge is -2.28. The summed E-state index contributed by atoms with van der Waals surface area (Å²) in [6.45, 7) is 5.94. The molecule has 2 heterocycles. The largest absolute Gasteiger partial charge is 0.302 e. The summed E-state index contributed by atoms with van der Waals surface area (Å²) in [7, 11) is 0. The Morgan fingerprint density at radius 3 is 2.60 bits per heavy atom.